The first-order valence-electron chi connectivity index (χ1n) is 6.16. The van der Waals surface area contributed by atoms with E-state index in [1.165, 1.54) is 15.3 Å². The van der Waals surface area contributed by atoms with Gasteiger partial charge in [-0.2, -0.15) is 11.8 Å². The highest BCUT2D eigenvalue weighted by Crippen LogP contribution is 2.27. The first-order valence-corrected chi connectivity index (χ1v) is 8.37. The van der Waals surface area contributed by atoms with Crippen LogP contribution in [-0.4, -0.2) is 18.1 Å². The highest BCUT2D eigenvalue weighted by Gasteiger charge is 2.04. The Morgan fingerprint density at radius 2 is 1.94 bits per heavy atom. The molecular weight excluding hydrogens is 258 g/mol. The third-order valence-electron chi connectivity index (χ3n) is 2.76. The second-order valence-corrected chi connectivity index (χ2v) is 6.45. The molecule has 0 amide bonds. The van der Waals surface area contributed by atoms with Crippen LogP contribution >= 0.6 is 23.1 Å². The summed E-state index contributed by atoms with van der Waals surface area (Å²) in [5.41, 5.74) is 1.31. The number of benzene rings is 1. The molecule has 1 aromatic carbocycles. The van der Waals surface area contributed by atoms with Gasteiger partial charge in [0.2, 0.25) is 0 Å². The van der Waals surface area contributed by atoms with Gasteiger partial charge in [-0.1, -0.05) is 30.3 Å². The molecule has 1 atom stereocenters. The Morgan fingerprint density at radius 3 is 2.67 bits per heavy atom. The van der Waals surface area contributed by atoms with Crippen molar-refractivity contribution in [1.82, 2.24) is 5.32 Å². The lowest BCUT2D eigenvalue weighted by atomic mass is 10.2. The standard InChI is InChI=1S/C15H19NS2/c1-12(11-17-2)16-10-14-8-9-15(18-14)13-6-4-3-5-7-13/h3-9,12,16H,10-11H2,1-2H3. The molecule has 0 aliphatic carbocycles. The van der Waals surface area contributed by atoms with Crippen LogP contribution in [0.2, 0.25) is 0 Å². The Morgan fingerprint density at radius 1 is 1.17 bits per heavy atom. The third-order valence-corrected chi connectivity index (χ3v) is 4.73. The maximum atomic E-state index is 3.55. The van der Waals surface area contributed by atoms with Crippen LogP contribution in [0.5, 0.6) is 0 Å². The van der Waals surface area contributed by atoms with Gasteiger partial charge in [-0.15, -0.1) is 11.3 Å². The Balaban J connectivity index is 1.95. The molecular formula is C15H19NS2. The van der Waals surface area contributed by atoms with E-state index in [0.29, 0.717) is 6.04 Å². The molecule has 0 saturated carbocycles. The molecule has 0 fully saturated rings. The van der Waals surface area contributed by atoms with Crippen molar-refractivity contribution in [3.05, 3.63) is 47.3 Å². The predicted octanol–water partition coefficient (Wildman–Crippen LogP) is 4.26. The maximum Gasteiger partial charge on any atom is 0.0346 e. The fourth-order valence-electron chi connectivity index (χ4n) is 1.81. The third kappa shape index (κ3) is 3.87. The van der Waals surface area contributed by atoms with Crippen molar-refractivity contribution in [1.29, 1.82) is 0 Å². The second-order valence-electron chi connectivity index (χ2n) is 4.37. The van der Waals surface area contributed by atoms with Crippen LogP contribution in [0.25, 0.3) is 10.4 Å². The highest BCUT2D eigenvalue weighted by molar-refractivity contribution is 7.98. The van der Waals surface area contributed by atoms with Crippen molar-refractivity contribution in [2.75, 3.05) is 12.0 Å². The lowest BCUT2D eigenvalue weighted by molar-refractivity contribution is 0.601. The summed E-state index contributed by atoms with van der Waals surface area (Å²) in [5, 5.41) is 3.55. The van der Waals surface area contributed by atoms with Crippen molar-refractivity contribution >= 4 is 23.1 Å². The van der Waals surface area contributed by atoms with Crippen LogP contribution < -0.4 is 5.32 Å². The van der Waals surface area contributed by atoms with E-state index in [0.717, 1.165) is 12.3 Å². The smallest absolute Gasteiger partial charge is 0.0346 e. The summed E-state index contributed by atoms with van der Waals surface area (Å²) < 4.78 is 0. The average molecular weight is 277 g/mol. The molecule has 0 saturated heterocycles. The summed E-state index contributed by atoms with van der Waals surface area (Å²) in [6.45, 7) is 3.21. The Kier molecular flexibility index (Phi) is 5.29. The first-order chi connectivity index (χ1) is 8.79. The van der Waals surface area contributed by atoms with Crippen LogP contribution in [0.4, 0.5) is 0 Å². The SMILES string of the molecule is CSCC(C)NCc1ccc(-c2ccccc2)s1. The van der Waals surface area contributed by atoms with Crippen LogP contribution in [0, 0.1) is 0 Å². The largest absolute Gasteiger partial charge is 0.309 e. The lowest BCUT2D eigenvalue weighted by Crippen LogP contribution is -2.27. The number of rotatable bonds is 6. The molecule has 0 spiro atoms. The zero-order valence-electron chi connectivity index (χ0n) is 10.8. The van der Waals surface area contributed by atoms with Crippen molar-refractivity contribution in [2.24, 2.45) is 0 Å². The molecule has 3 heteroatoms. The summed E-state index contributed by atoms with van der Waals surface area (Å²) in [4.78, 5) is 2.76. The van der Waals surface area contributed by atoms with Crippen LogP contribution in [0.3, 0.4) is 0 Å². The normalized spacial score (nSPS) is 12.6. The summed E-state index contributed by atoms with van der Waals surface area (Å²) in [5.74, 6) is 1.16. The fraction of sp³-hybridized carbons (Fsp3) is 0.333. The summed E-state index contributed by atoms with van der Waals surface area (Å²) >= 11 is 3.76. The predicted molar refractivity (Wildman–Crippen MR) is 84.4 cm³/mol. The van der Waals surface area contributed by atoms with E-state index in [4.69, 9.17) is 0 Å². The highest BCUT2D eigenvalue weighted by atomic mass is 32.2. The van der Waals surface area contributed by atoms with Gasteiger partial charge in [0.1, 0.15) is 0 Å². The van der Waals surface area contributed by atoms with Gasteiger partial charge in [0.05, 0.1) is 0 Å². The molecule has 1 N–H and O–H groups in total. The quantitative estimate of drug-likeness (QED) is 0.847. The average Bonchev–Trinajstić information content (AvgIpc) is 2.87. The number of thiophene rings is 1. The molecule has 0 bridgehead atoms. The first kappa shape index (κ1) is 13.7. The minimum absolute atomic E-state index is 0.572. The van der Waals surface area contributed by atoms with E-state index in [-0.39, 0.29) is 0 Å². The minimum Gasteiger partial charge on any atom is -0.309 e. The van der Waals surface area contributed by atoms with Gasteiger partial charge in [0.15, 0.2) is 0 Å². The molecule has 2 rings (SSSR count). The van der Waals surface area contributed by atoms with Crippen molar-refractivity contribution in [3.63, 3.8) is 0 Å². The molecule has 2 aromatic rings. The molecule has 1 unspecified atom stereocenters. The zero-order chi connectivity index (χ0) is 12.8. The number of hydrogen-bond donors (Lipinski definition) is 1. The van der Waals surface area contributed by atoms with E-state index in [1.54, 1.807) is 0 Å². The van der Waals surface area contributed by atoms with Gasteiger partial charge < -0.3 is 5.32 Å². The molecule has 0 aliphatic rings. The fourth-order valence-corrected chi connectivity index (χ4v) is 3.40. The molecule has 18 heavy (non-hydrogen) atoms. The molecule has 0 radical (unpaired) electrons. The van der Waals surface area contributed by atoms with Gasteiger partial charge in [-0.25, -0.2) is 0 Å². The molecule has 1 heterocycles. The Bertz CT molecular complexity index is 464. The molecule has 0 aliphatic heterocycles. The molecule has 1 nitrogen and oxygen atoms in total. The van der Waals surface area contributed by atoms with Crippen LogP contribution in [0.1, 0.15) is 11.8 Å². The number of nitrogens with one attached hydrogen (secondary N) is 1. The van der Waals surface area contributed by atoms with E-state index in [2.05, 4.69) is 61.0 Å². The van der Waals surface area contributed by atoms with Crippen molar-refractivity contribution in [3.8, 4) is 10.4 Å². The van der Waals surface area contributed by atoms with Gasteiger partial charge in [-0.3, -0.25) is 0 Å². The van der Waals surface area contributed by atoms with Gasteiger partial charge in [0, 0.05) is 28.1 Å². The van der Waals surface area contributed by atoms with Crippen molar-refractivity contribution in [2.45, 2.75) is 19.5 Å². The van der Waals surface area contributed by atoms with Gasteiger partial charge in [0.25, 0.3) is 0 Å². The molecule has 96 valence electrons. The number of thioether (sulfide) groups is 1. The van der Waals surface area contributed by atoms with Crippen LogP contribution in [0.15, 0.2) is 42.5 Å². The van der Waals surface area contributed by atoms with E-state index in [1.807, 2.05) is 23.1 Å². The van der Waals surface area contributed by atoms with E-state index >= 15 is 0 Å². The lowest BCUT2D eigenvalue weighted by Gasteiger charge is -2.10. The number of hydrogen-bond acceptors (Lipinski definition) is 3. The monoisotopic (exact) mass is 277 g/mol. The Hall–Kier alpha value is -0.770. The van der Waals surface area contributed by atoms with Crippen molar-refractivity contribution < 1.29 is 0 Å². The summed E-state index contributed by atoms with van der Waals surface area (Å²) in [7, 11) is 0. The Labute approximate surface area is 118 Å². The zero-order valence-corrected chi connectivity index (χ0v) is 12.5. The van der Waals surface area contributed by atoms with E-state index < -0.39 is 0 Å². The van der Waals surface area contributed by atoms with Crippen LogP contribution in [-0.2, 0) is 6.54 Å². The summed E-state index contributed by atoms with van der Waals surface area (Å²) in [6.07, 6.45) is 2.15. The topological polar surface area (TPSA) is 12.0 Å². The summed E-state index contributed by atoms with van der Waals surface area (Å²) in [6, 6.07) is 15.6. The second kappa shape index (κ2) is 6.98. The van der Waals surface area contributed by atoms with Gasteiger partial charge >= 0.3 is 0 Å². The van der Waals surface area contributed by atoms with E-state index in [9.17, 15) is 0 Å². The maximum absolute atomic E-state index is 3.55. The molecule has 1 aromatic heterocycles. The van der Waals surface area contributed by atoms with Gasteiger partial charge in [-0.05, 0) is 30.9 Å². The minimum atomic E-state index is 0.572.